The number of fused-ring (bicyclic) bond motifs is 2. The molecule has 1 aliphatic rings. The number of aryl methyl sites for hydroxylation is 1. The van der Waals surface area contributed by atoms with E-state index in [-0.39, 0.29) is 11.3 Å². The number of hydrogen-bond acceptors (Lipinski definition) is 5. The van der Waals surface area contributed by atoms with Crippen LogP contribution in [0.15, 0.2) is 88.5 Å². The first kappa shape index (κ1) is 22.9. The lowest BCUT2D eigenvalue weighted by Crippen LogP contribution is -2.31. The maximum atomic E-state index is 14.0. The average Bonchev–Trinajstić information content (AvgIpc) is 3.55. The third-order valence-electron chi connectivity index (χ3n) is 6.71. The molecule has 1 atom stereocenters. The number of anilines is 1. The van der Waals surface area contributed by atoms with Crippen molar-refractivity contribution in [2.75, 3.05) is 12.0 Å². The average molecular weight is 513 g/mol. The molecule has 0 fully saturated rings. The van der Waals surface area contributed by atoms with E-state index in [2.05, 4.69) is 4.98 Å². The number of aliphatic hydroxyl groups is 1. The largest absolute Gasteiger partial charge is 0.503 e. The van der Waals surface area contributed by atoms with Gasteiger partial charge >= 0.3 is 0 Å². The predicted molar refractivity (Wildman–Crippen MR) is 141 cm³/mol. The fourth-order valence-electron chi connectivity index (χ4n) is 5.10. The summed E-state index contributed by atoms with van der Waals surface area (Å²) in [5, 5.41) is 13.1. The van der Waals surface area contributed by atoms with Crippen molar-refractivity contribution >= 4 is 50.9 Å². The molecule has 1 unspecified atom stereocenters. The van der Waals surface area contributed by atoms with Gasteiger partial charge < -0.3 is 19.2 Å². The predicted octanol–water partition coefficient (Wildman–Crippen LogP) is 6.67. The Morgan fingerprint density at radius 1 is 1.08 bits per heavy atom. The van der Waals surface area contributed by atoms with Crippen molar-refractivity contribution in [3.63, 3.8) is 0 Å². The van der Waals surface area contributed by atoms with Gasteiger partial charge in [-0.15, -0.1) is 0 Å². The molecule has 6 rings (SSSR count). The highest BCUT2D eigenvalue weighted by Gasteiger charge is 2.47. The summed E-state index contributed by atoms with van der Waals surface area (Å²) in [5.74, 6) is -1.46. The topological polar surface area (TPSA) is 95.8 Å². The van der Waals surface area contributed by atoms with E-state index in [1.165, 1.54) is 12.0 Å². The summed E-state index contributed by atoms with van der Waals surface area (Å²) in [5.41, 5.74) is 3.09. The molecular weight excluding hydrogens is 492 g/mol. The van der Waals surface area contributed by atoms with Crippen LogP contribution in [0.3, 0.4) is 0 Å². The smallest absolute Gasteiger partial charge is 0.294 e. The van der Waals surface area contributed by atoms with E-state index in [4.69, 9.17) is 20.8 Å². The minimum atomic E-state index is -0.926. The lowest BCUT2D eigenvalue weighted by Gasteiger charge is -2.27. The van der Waals surface area contributed by atoms with Crippen LogP contribution in [0.2, 0.25) is 5.02 Å². The normalized spacial score (nSPS) is 15.8. The van der Waals surface area contributed by atoms with Gasteiger partial charge in [-0.1, -0.05) is 48.0 Å². The fraction of sp³-hybridized carbons (Fsp3) is 0.103. The first-order valence-electron chi connectivity index (χ1n) is 11.6. The van der Waals surface area contributed by atoms with Gasteiger partial charge in [-0.2, -0.15) is 0 Å². The van der Waals surface area contributed by atoms with Crippen LogP contribution in [0.1, 0.15) is 27.9 Å². The van der Waals surface area contributed by atoms with Gasteiger partial charge in [0.2, 0.25) is 5.78 Å². The number of nitrogens with zero attached hydrogens (tertiary/aromatic N) is 1. The van der Waals surface area contributed by atoms with Crippen LogP contribution in [0.4, 0.5) is 5.69 Å². The summed E-state index contributed by atoms with van der Waals surface area (Å²) >= 11 is 6.26. The van der Waals surface area contributed by atoms with E-state index in [1.807, 2.05) is 31.2 Å². The first-order chi connectivity index (χ1) is 17.9. The maximum absolute atomic E-state index is 14.0. The fourth-order valence-corrected chi connectivity index (χ4v) is 5.28. The molecule has 0 aliphatic carbocycles. The zero-order chi connectivity index (χ0) is 25.8. The van der Waals surface area contributed by atoms with Gasteiger partial charge in [0.05, 0.1) is 18.7 Å². The van der Waals surface area contributed by atoms with Crippen LogP contribution in [0, 0.1) is 6.92 Å². The minimum absolute atomic E-state index is 0.00992. The first-order valence-corrected chi connectivity index (χ1v) is 12.0. The van der Waals surface area contributed by atoms with Gasteiger partial charge in [-0.25, -0.2) is 0 Å². The molecule has 7 nitrogen and oxygen atoms in total. The SMILES string of the molecule is COc1cccc2cc(C(=O)C3=C(O)C(=O)N(c4cccc(Cl)c4)C3c3c(C)[nH]c4ccccc34)oc12. The highest BCUT2D eigenvalue weighted by molar-refractivity contribution is 6.31. The molecule has 184 valence electrons. The Balaban J connectivity index is 1.58. The second-order valence-electron chi connectivity index (χ2n) is 8.85. The molecule has 5 aromatic rings. The van der Waals surface area contributed by atoms with Crippen molar-refractivity contribution in [3.8, 4) is 5.75 Å². The van der Waals surface area contributed by atoms with Gasteiger partial charge in [0.1, 0.15) is 0 Å². The Kier molecular flexibility index (Phi) is 5.31. The van der Waals surface area contributed by atoms with Crippen LogP contribution in [-0.2, 0) is 4.79 Å². The summed E-state index contributed by atoms with van der Waals surface area (Å²) in [7, 11) is 1.52. The molecule has 2 aromatic heterocycles. The van der Waals surface area contributed by atoms with Crippen molar-refractivity contribution < 1.29 is 23.8 Å². The van der Waals surface area contributed by atoms with Gasteiger partial charge in [0.25, 0.3) is 5.91 Å². The number of nitrogens with one attached hydrogen (secondary N) is 1. The molecular formula is C29H21ClN2O5. The molecule has 37 heavy (non-hydrogen) atoms. The molecule has 1 amide bonds. The van der Waals surface area contributed by atoms with E-state index >= 15 is 0 Å². The Labute approximate surface area is 216 Å². The Morgan fingerprint density at radius 2 is 1.86 bits per heavy atom. The maximum Gasteiger partial charge on any atom is 0.294 e. The molecule has 0 spiro atoms. The Bertz CT molecular complexity index is 1760. The van der Waals surface area contributed by atoms with Crippen LogP contribution < -0.4 is 9.64 Å². The lowest BCUT2D eigenvalue weighted by molar-refractivity contribution is -0.117. The van der Waals surface area contributed by atoms with Crippen molar-refractivity contribution in [2.45, 2.75) is 13.0 Å². The number of carbonyl (C=O) groups is 2. The third kappa shape index (κ3) is 3.50. The summed E-state index contributed by atoms with van der Waals surface area (Å²) in [4.78, 5) is 32.3. The number of carbonyl (C=O) groups excluding carboxylic acids is 2. The molecule has 0 bridgehead atoms. The van der Waals surface area contributed by atoms with Crippen molar-refractivity contribution in [2.24, 2.45) is 0 Å². The molecule has 3 heterocycles. The number of amides is 1. The number of furan rings is 1. The zero-order valence-corrected chi connectivity index (χ0v) is 20.7. The number of rotatable bonds is 5. The molecule has 2 N–H and O–H groups in total. The van der Waals surface area contributed by atoms with Crippen LogP contribution in [0.25, 0.3) is 21.9 Å². The number of hydrogen-bond donors (Lipinski definition) is 2. The molecule has 0 saturated heterocycles. The van der Waals surface area contributed by atoms with Gasteiger partial charge in [-0.3, -0.25) is 14.5 Å². The Hall–Kier alpha value is -4.49. The van der Waals surface area contributed by atoms with E-state index in [9.17, 15) is 14.7 Å². The summed E-state index contributed by atoms with van der Waals surface area (Å²) in [6.07, 6.45) is 0. The summed E-state index contributed by atoms with van der Waals surface area (Å²) in [6.45, 7) is 1.87. The van der Waals surface area contributed by atoms with E-state index < -0.39 is 23.5 Å². The van der Waals surface area contributed by atoms with Crippen molar-refractivity contribution in [1.29, 1.82) is 0 Å². The van der Waals surface area contributed by atoms with Crippen LogP contribution >= 0.6 is 11.6 Å². The number of methoxy groups -OCH3 is 1. The molecule has 3 aromatic carbocycles. The lowest BCUT2D eigenvalue weighted by atomic mass is 9.92. The zero-order valence-electron chi connectivity index (χ0n) is 19.9. The van der Waals surface area contributed by atoms with Gasteiger partial charge in [0, 0.05) is 38.3 Å². The second-order valence-corrected chi connectivity index (χ2v) is 9.28. The van der Waals surface area contributed by atoms with Gasteiger partial charge in [0.15, 0.2) is 22.9 Å². The molecule has 0 radical (unpaired) electrons. The third-order valence-corrected chi connectivity index (χ3v) is 6.94. The highest BCUT2D eigenvalue weighted by Crippen LogP contribution is 2.46. The number of Topliss-reactive ketones (excluding diaryl/α,β-unsaturated/α-hetero) is 1. The van der Waals surface area contributed by atoms with Crippen LogP contribution in [-0.4, -0.2) is 28.9 Å². The number of ether oxygens (including phenoxy) is 1. The number of ketones is 1. The quantitative estimate of drug-likeness (QED) is 0.256. The summed E-state index contributed by atoms with van der Waals surface area (Å²) in [6, 6.07) is 20.4. The molecule has 8 heteroatoms. The number of benzene rings is 3. The van der Waals surface area contributed by atoms with Crippen LogP contribution in [0.5, 0.6) is 5.75 Å². The minimum Gasteiger partial charge on any atom is -0.503 e. The van der Waals surface area contributed by atoms with Gasteiger partial charge in [-0.05, 0) is 43.3 Å². The second kappa shape index (κ2) is 8.57. The van der Waals surface area contributed by atoms with Crippen molar-refractivity contribution in [3.05, 3.63) is 106 Å². The standard InChI is InChI=1S/C29H21ClN2O5/c1-15-23(19-10-3-4-11-20(19)31-15)25-24(27(34)29(35)32(25)18-9-6-8-17(30)14-18)26(33)22-13-16-7-5-12-21(36-2)28(16)37-22/h3-14,25,31,34H,1-2H3. The molecule has 1 aliphatic heterocycles. The van der Waals surface area contributed by atoms with Crippen molar-refractivity contribution in [1.82, 2.24) is 4.98 Å². The van der Waals surface area contributed by atoms with E-state index in [0.29, 0.717) is 33.0 Å². The van der Waals surface area contributed by atoms with E-state index in [0.717, 1.165) is 16.6 Å². The van der Waals surface area contributed by atoms with E-state index in [1.54, 1.807) is 48.5 Å². The number of halogens is 1. The summed E-state index contributed by atoms with van der Waals surface area (Å²) < 4.78 is 11.3. The number of aliphatic hydroxyl groups excluding tert-OH is 1. The number of aromatic nitrogens is 1. The number of H-pyrrole nitrogens is 1. The highest BCUT2D eigenvalue weighted by atomic mass is 35.5. The molecule has 0 saturated carbocycles. The monoisotopic (exact) mass is 512 g/mol. The Morgan fingerprint density at radius 3 is 2.65 bits per heavy atom. The number of para-hydroxylation sites is 2. The number of aromatic amines is 1.